The van der Waals surface area contributed by atoms with Gasteiger partial charge in [0.2, 0.25) is 0 Å². The second kappa shape index (κ2) is 10.3. The lowest BCUT2D eigenvalue weighted by Crippen LogP contribution is -2.39. The summed E-state index contributed by atoms with van der Waals surface area (Å²) in [5, 5.41) is 17.8. The van der Waals surface area contributed by atoms with Gasteiger partial charge in [-0.2, -0.15) is 5.10 Å². The molecule has 5 rings (SSSR count). The van der Waals surface area contributed by atoms with E-state index >= 15 is 0 Å². The number of nitrogens with zero attached hydrogens (tertiary/aromatic N) is 2. The van der Waals surface area contributed by atoms with Crippen LogP contribution in [0.5, 0.6) is 11.5 Å². The molecule has 202 valence electrons. The number of aliphatic hydroxyl groups is 1. The van der Waals surface area contributed by atoms with Gasteiger partial charge in [0.1, 0.15) is 18.1 Å². The Morgan fingerprint density at radius 2 is 1.79 bits per heavy atom. The summed E-state index contributed by atoms with van der Waals surface area (Å²) in [5.74, 6) is 0.901. The molecule has 0 unspecified atom stereocenters. The highest BCUT2D eigenvalue weighted by Crippen LogP contribution is 2.44. The molecule has 2 fully saturated rings. The summed E-state index contributed by atoms with van der Waals surface area (Å²) in [6.07, 6.45) is 6.75. The second-order valence-electron chi connectivity index (χ2n) is 11.2. The van der Waals surface area contributed by atoms with E-state index in [-0.39, 0.29) is 24.7 Å². The molecule has 1 aromatic carbocycles. The number of pyridine rings is 1. The highest BCUT2D eigenvalue weighted by Gasteiger charge is 2.32. The molecule has 38 heavy (non-hydrogen) atoms. The van der Waals surface area contributed by atoms with Crippen LogP contribution in [-0.2, 0) is 0 Å². The number of benzene rings is 1. The number of carbonyl (C=O) groups excluding carboxylic acids is 2. The van der Waals surface area contributed by atoms with E-state index in [2.05, 4.69) is 10.4 Å². The van der Waals surface area contributed by atoms with Gasteiger partial charge in [-0.1, -0.05) is 11.6 Å². The first-order chi connectivity index (χ1) is 18.1. The molecule has 0 aliphatic heterocycles. The van der Waals surface area contributed by atoms with E-state index in [1.54, 1.807) is 32.2 Å². The predicted octanol–water partition coefficient (Wildman–Crippen LogP) is 3.89. The van der Waals surface area contributed by atoms with Gasteiger partial charge in [-0.25, -0.2) is 4.52 Å². The van der Waals surface area contributed by atoms with E-state index < -0.39 is 11.5 Å². The standard InChI is InChI=1S/C29H36N4O5/c1-17-4-12-24(21(14-17)27(30)34)38-20-9-7-19(8-10-20)32-28(35)22-15-31-33-23(22)11-13-25(26(33)18-5-6-18)37-16-29(2,3)36/h4,11-15,18-20,36H,5-10,16H2,1-3H3,(H2,30,34)(H,32,35). The van der Waals surface area contributed by atoms with Crippen LogP contribution >= 0.6 is 0 Å². The minimum atomic E-state index is -0.945. The molecule has 0 saturated heterocycles. The molecule has 2 aliphatic rings. The topological polar surface area (TPSA) is 128 Å². The summed E-state index contributed by atoms with van der Waals surface area (Å²) < 4.78 is 13.9. The van der Waals surface area contributed by atoms with Crippen molar-refractivity contribution in [3.63, 3.8) is 0 Å². The van der Waals surface area contributed by atoms with Crippen LogP contribution in [0.4, 0.5) is 0 Å². The van der Waals surface area contributed by atoms with Gasteiger partial charge in [0, 0.05) is 12.0 Å². The fraction of sp³-hybridized carbons (Fsp3) is 0.483. The summed E-state index contributed by atoms with van der Waals surface area (Å²) in [4.78, 5) is 25.1. The first-order valence-electron chi connectivity index (χ1n) is 13.3. The molecule has 2 heterocycles. The Kier molecular flexibility index (Phi) is 7.05. The van der Waals surface area contributed by atoms with Crippen molar-refractivity contribution in [3.05, 3.63) is 58.9 Å². The van der Waals surface area contributed by atoms with Crippen LogP contribution in [0.15, 0.2) is 36.5 Å². The molecule has 3 aromatic rings. The van der Waals surface area contributed by atoms with E-state index in [9.17, 15) is 14.7 Å². The van der Waals surface area contributed by atoms with Gasteiger partial charge < -0.3 is 25.6 Å². The van der Waals surface area contributed by atoms with Crippen molar-refractivity contribution >= 4 is 17.3 Å². The Balaban J connectivity index is 1.23. The van der Waals surface area contributed by atoms with Crippen molar-refractivity contribution in [2.24, 2.45) is 5.73 Å². The van der Waals surface area contributed by atoms with Crippen LogP contribution in [0.3, 0.4) is 0 Å². The maximum absolute atomic E-state index is 13.2. The van der Waals surface area contributed by atoms with Crippen LogP contribution < -0.4 is 20.5 Å². The summed E-state index contributed by atoms with van der Waals surface area (Å²) in [6.45, 7) is 5.50. The Hall–Kier alpha value is -3.59. The number of aromatic nitrogens is 2. The van der Waals surface area contributed by atoms with Gasteiger partial charge in [-0.15, -0.1) is 0 Å². The molecular weight excluding hydrogens is 484 g/mol. The summed E-state index contributed by atoms with van der Waals surface area (Å²) >= 11 is 0. The quantitative estimate of drug-likeness (QED) is 0.393. The Labute approximate surface area is 222 Å². The lowest BCUT2D eigenvalue weighted by molar-refractivity contribution is 0.0279. The molecular formula is C29H36N4O5. The van der Waals surface area contributed by atoms with Crippen molar-refractivity contribution in [1.82, 2.24) is 14.9 Å². The average Bonchev–Trinajstić information content (AvgIpc) is 3.61. The molecule has 0 radical (unpaired) electrons. The van der Waals surface area contributed by atoms with E-state index in [0.717, 1.165) is 55.3 Å². The van der Waals surface area contributed by atoms with E-state index in [0.29, 0.717) is 28.5 Å². The number of hydrogen-bond donors (Lipinski definition) is 3. The monoisotopic (exact) mass is 520 g/mol. The Bertz CT molecular complexity index is 1350. The molecule has 4 N–H and O–H groups in total. The molecule has 9 nitrogen and oxygen atoms in total. The molecule has 0 spiro atoms. The molecule has 0 atom stereocenters. The van der Waals surface area contributed by atoms with Crippen LogP contribution in [-0.4, -0.2) is 50.9 Å². The van der Waals surface area contributed by atoms with Crippen molar-refractivity contribution in [1.29, 1.82) is 0 Å². The van der Waals surface area contributed by atoms with Crippen LogP contribution in [0.25, 0.3) is 5.52 Å². The number of nitrogens with two attached hydrogens (primary N) is 1. The van der Waals surface area contributed by atoms with Gasteiger partial charge in [-0.3, -0.25) is 9.59 Å². The lowest BCUT2D eigenvalue weighted by atomic mass is 9.92. The fourth-order valence-electron chi connectivity index (χ4n) is 5.04. The maximum atomic E-state index is 13.2. The van der Waals surface area contributed by atoms with Crippen molar-refractivity contribution in [3.8, 4) is 11.5 Å². The molecule has 2 aliphatic carbocycles. The Morgan fingerprint density at radius 1 is 1.08 bits per heavy atom. The SMILES string of the molecule is Cc1ccc(OC2CCC(NC(=O)c3cnn4c(C5CC5)c(OCC(C)(C)O)ccc34)CC2)c(C(N)=O)c1. The predicted molar refractivity (Wildman–Crippen MR) is 143 cm³/mol. The van der Waals surface area contributed by atoms with E-state index in [1.807, 2.05) is 29.6 Å². The zero-order chi connectivity index (χ0) is 27.0. The molecule has 2 saturated carbocycles. The van der Waals surface area contributed by atoms with Crippen molar-refractivity contribution in [2.75, 3.05) is 6.61 Å². The number of fused-ring (bicyclic) bond motifs is 1. The Morgan fingerprint density at radius 3 is 2.45 bits per heavy atom. The third-order valence-electron chi connectivity index (χ3n) is 7.17. The number of carbonyl (C=O) groups is 2. The first-order valence-corrected chi connectivity index (χ1v) is 13.3. The number of ether oxygens (including phenoxy) is 2. The van der Waals surface area contributed by atoms with Crippen molar-refractivity contribution in [2.45, 2.75) is 83.0 Å². The largest absolute Gasteiger partial charge is 0.490 e. The molecule has 2 aromatic heterocycles. The highest BCUT2D eigenvalue weighted by atomic mass is 16.5. The zero-order valence-corrected chi connectivity index (χ0v) is 22.2. The van der Waals surface area contributed by atoms with Gasteiger partial charge >= 0.3 is 0 Å². The average molecular weight is 521 g/mol. The number of hydrogen-bond acceptors (Lipinski definition) is 6. The highest BCUT2D eigenvalue weighted by molar-refractivity contribution is 6.01. The summed E-state index contributed by atoms with van der Waals surface area (Å²) in [5.41, 5.74) is 8.16. The number of primary amides is 1. The number of nitrogens with one attached hydrogen (secondary N) is 1. The van der Waals surface area contributed by atoms with Crippen LogP contribution in [0.2, 0.25) is 0 Å². The van der Waals surface area contributed by atoms with Crippen molar-refractivity contribution < 1.29 is 24.2 Å². The molecule has 9 heteroatoms. The summed E-state index contributed by atoms with van der Waals surface area (Å²) in [6, 6.07) is 9.21. The third kappa shape index (κ3) is 5.78. The van der Waals surface area contributed by atoms with Gasteiger partial charge in [0.05, 0.1) is 40.2 Å². The number of rotatable bonds is 9. The summed E-state index contributed by atoms with van der Waals surface area (Å²) in [7, 11) is 0. The molecule has 2 amide bonds. The lowest BCUT2D eigenvalue weighted by Gasteiger charge is -2.30. The minimum absolute atomic E-state index is 0.0308. The minimum Gasteiger partial charge on any atom is -0.490 e. The van der Waals surface area contributed by atoms with E-state index in [4.69, 9.17) is 15.2 Å². The zero-order valence-electron chi connectivity index (χ0n) is 22.2. The number of aryl methyl sites for hydroxylation is 1. The van der Waals surface area contributed by atoms with Crippen LogP contribution in [0.1, 0.15) is 90.3 Å². The van der Waals surface area contributed by atoms with E-state index in [1.165, 1.54) is 0 Å². The molecule has 0 bridgehead atoms. The first kappa shape index (κ1) is 26.0. The maximum Gasteiger partial charge on any atom is 0.255 e. The van der Waals surface area contributed by atoms with Gasteiger partial charge in [0.25, 0.3) is 11.8 Å². The van der Waals surface area contributed by atoms with Gasteiger partial charge in [-0.05, 0) is 83.6 Å². The van der Waals surface area contributed by atoms with Crippen LogP contribution in [0, 0.1) is 6.92 Å². The third-order valence-corrected chi connectivity index (χ3v) is 7.17. The number of amides is 2. The fourth-order valence-corrected chi connectivity index (χ4v) is 5.04. The smallest absolute Gasteiger partial charge is 0.255 e. The second-order valence-corrected chi connectivity index (χ2v) is 11.2. The normalized spacial score (nSPS) is 19.8. The van der Waals surface area contributed by atoms with Gasteiger partial charge in [0.15, 0.2) is 0 Å².